The van der Waals surface area contributed by atoms with Gasteiger partial charge in [0.25, 0.3) is 0 Å². The van der Waals surface area contributed by atoms with Crippen LogP contribution in [0, 0.1) is 17.8 Å². The van der Waals surface area contributed by atoms with E-state index in [1.807, 2.05) is 27.7 Å². The van der Waals surface area contributed by atoms with Gasteiger partial charge in [-0.1, -0.05) is 39.3 Å². The molecule has 118 valence electrons. The second kappa shape index (κ2) is 7.55. The van der Waals surface area contributed by atoms with Crippen LogP contribution in [0.15, 0.2) is 12.1 Å². The molecule has 4 nitrogen and oxygen atoms in total. The summed E-state index contributed by atoms with van der Waals surface area (Å²) in [6.07, 6.45) is 0. The van der Waals surface area contributed by atoms with Gasteiger partial charge in [-0.3, -0.25) is 4.79 Å². The Morgan fingerprint density at radius 3 is 2.00 bits per heavy atom. The van der Waals surface area contributed by atoms with Crippen LogP contribution in [0.4, 0.5) is 5.69 Å². The van der Waals surface area contributed by atoms with Crippen molar-refractivity contribution in [2.24, 2.45) is 17.8 Å². The minimum Gasteiger partial charge on any atom is -0.495 e. The molecular weight excluding hydrogens is 290 g/mol. The summed E-state index contributed by atoms with van der Waals surface area (Å²) >= 11 is 6.06. The van der Waals surface area contributed by atoms with E-state index in [9.17, 15) is 4.79 Å². The van der Waals surface area contributed by atoms with Crippen LogP contribution in [0.1, 0.15) is 27.7 Å². The van der Waals surface area contributed by atoms with Crippen molar-refractivity contribution in [1.29, 1.82) is 0 Å². The third-order valence-corrected chi connectivity index (χ3v) is 3.77. The second-order valence-electron chi connectivity index (χ2n) is 5.69. The molecule has 0 aromatic heterocycles. The van der Waals surface area contributed by atoms with Gasteiger partial charge in [-0.15, -0.1) is 0 Å². The van der Waals surface area contributed by atoms with E-state index in [1.165, 1.54) is 14.2 Å². The lowest BCUT2D eigenvalue weighted by molar-refractivity contribution is -0.122. The topological polar surface area (TPSA) is 47.6 Å². The van der Waals surface area contributed by atoms with E-state index >= 15 is 0 Å². The summed E-state index contributed by atoms with van der Waals surface area (Å²) in [5.74, 6) is 1.42. The number of amides is 1. The zero-order valence-corrected chi connectivity index (χ0v) is 14.2. The predicted octanol–water partition coefficient (Wildman–Crippen LogP) is 4.22. The number of halogens is 1. The molecule has 0 aliphatic heterocycles. The number of benzene rings is 1. The fourth-order valence-corrected chi connectivity index (χ4v) is 2.78. The van der Waals surface area contributed by atoms with Gasteiger partial charge in [0.05, 0.1) is 24.9 Å². The molecule has 0 unspecified atom stereocenters. The zero-order chi connectivity index (χ0) is 16.2. The number of hydrogen-bond donors (Lipinski definition) is 1. The first kappa shape index (κ1) is 17.6. The highest BCUT2D eigenvalue weighted by Gasteiger charge is 2.26. The van der Waals surface area contributed by atoms with Crippen molar-refractivity contribution >= 4 is 23.2 Å². The molecule has 0 heterocycles. The Hall–Kier alpha value is -1.42. The first-order valence-corrected chi connectivity index (χ1v) is 7.42. The molecule has 1 aromatic rings. The van der Waals surface area contributed by atoms with Crippen LogP contribution in [0.5, 0.6) is 11.5 Å². The molecule has 0 aliphatic rings. The van der Waals surface area contributed by atoms with Crippen molar-refractivity contribution < 1.29 is 14.3 Å². The summed E-state index contributed by atoms with van der Waals surface area (Å²) < 4.78 is 10.5. The molecular formula is C16H24ClNO3. The van der Waals surface area contributed by atoms with Crippen molar-refractivity contribution in [2.45, 2.75) is 27.7 Å². The van der Waals surface area contributed by atoms with Crippen molar-refractivity contribution in [3.8, 4) is 11.5 Å². The number of carbonyl (C=O) groups excluding carboxylic acids is 1. The third-order valence-electron chi connectivity index (χ3n) is 3.47. The van der Waals surface area contributed by atoms with Gasteiger partial charge in [0.1, 0.15) is 11.5 Å². The normalized spacial score (nSPS) is 11.1. The van der Waals surface area contributed by atoms with Gasteiger partial charge in [-0.2, -0.15) is 0 Å². The lowest BCUT2D eigenvalue weighted by Crippen LogP contribution is -2.31. The molecule has 1 rings (SSSR count). The molecule has 0 saturated heterocycles. The van der Waals surface area contributed by atoms with Gasteiger partial charge < -0.3 is 14.8 Å². The molecule has 1 N–H and O–H groups in total. The number of methoxy groups -OCH3 is 2. The van der Waals surface area contributed by atoms with Crippen LogP contribution in [0.2, 0.25) is 5.02 Å². The average molecular weight is 314 g/mol. The summed E-state index contributed by atoms with van der Waals surface area (Å²) in [6.45, 7) is 8.18. The summed E-state index contributed by atoms with van der Waals surface area (Å²) in [4.78, 5) is 12.5. The lowest BCUT2D eigenvalue weighted by atomic mass is 9.85. The van der Waals surface area contributed by atoms with Gasteiger partial charge in [0.2, 0.25) is 5.91 Å². The highest BCUT2D eigenvalue weighted by atomic mass is 35.5. The van der Waals surface area contributed by atoms with Gasteiger partial charge in [-0.05, 0) is 11.8 Å². The van der Waals surface area contributed by atoms with Crippen molar-refractivity contribution in [3.05, 3.63) is 17.2 Å². The number of carbonyl (C=O) groups is 1. The smallest absolute Gasteiger partial charge is 0.228 e. The van der Waals surface area contributed by atoms with Gasteiger partial charge >= 0.3 is 0 Å². The Kier molecular flexibility index (Phi) is 6.34. The second-order valence-corrected chi connectivity index (χ2v) is 6.10. The summed E-state index contributed by atoms with van der Waals surface area (Å²) in [5, 5.41) is 3.36. The fourth-order valence-electron chi connectivity index (χ4n) is 2.55. The van der Waals surface area contributed by atoms with Crippen LogP contribution in [0.3, 0.4) is 0 Å². The van der Waals surface area contributed by atoms with E-state index in [2.05, 4.69) is 5.32 Å². The van der Waals surface area contributed by atoms with Gasteiger partial charge in [-0.25, -0.2) is 0 Å². The van der Waals surface area contributed by atoms with E-state index < -0.39 is 0 Å². The number of hydrogen-bond acceptors (Lipinski definition) is 3. The molecule has 0 atom stereocenters. The van der Waals surface area contributed by atoms with E-state index in [0.717, 1.165) is 0 Å². The van der Waals surface area contributed by atoms with E-state index in [0.29, 0.717) is 22.2 Å². The minimum absolute atomic E-state index is 0.0253. The van der Waals surface area contributed by atoms with Crippen LogP contribution in [-0.4, -0.2) is 20.1 Å². The number of ether oxygens (including phenoxy) is 2. The number of anilines is 1. The molecule has 0 fully saturated rings. The SMILES string of the molecule is COc1cc(NC(=O)C(C(C)C)C(C)C)c(OC)cc1Cl. The van der Waals surface area contributed by atoms with E-state index in [1.54, 1.807) is 12.1 Å². The standard InChI is InChI=1S/C16H24ClNO3/c1-9(2)15(10(3)4)16(19)18-12-8-13(20-5)11(17)7-14(12)21-6/h7-10,15H,1-6H3,(H,18,19). The van der Waals surface area contributed by atoms with Crippen molar-refractivity contribution in [1.82, 2.24) is 0 Å². The summed E-state index contributed by atoms with van der Waals surface area (Å²) in [7, 11) is 3.07. The average Bonchev–Trinajstić information content (AvgIpc) is 2.39. The Bertz CT molecular complexity index is 493. The van der Waals surface area contributed by atoms with E-state index in [-0.39, 0.29) is 23.7 Å². The predicted molar refractivity (Wildman–Crippen MR) is 86.4 cm³/mol. The molecule has 0 spiro atoms. The quantitative estimate of drug-likeness (QED) is 0.855. The Morgan fingerprint density at radius 1 is 1.05 bits per heavy atom. The summed E-state index contributed by atoms with van der Waals surface area (Å²) in [5.41, 5.74) is 0.565. The molecule has 0 bridgehead atoms. The maximum absolute atomic E-state index is 12.5. The van der Waals surface area contributed by atoms with Crippen LogP contribution in [-0.2, 0) is 4.79 Å². The molecule has 0 saturated carbocycles. The Balaban J connectivity index is 3.08. The highest BCUT2D eigenvalue weighted by molar-refractivity contribution is 6.32. The lowest BCUT2D eigenvalue weighted by Gasteiger charge is -2.24. The van der Waals surface area contributed by atoms with Crippen LogP contribution in [0.25, 0.3) is 0 Å². The zero-order valence-electron chi connectivity index (χ0n) is 13.5. The molecule has 5 heteroatoms. The largest absolute Gasteiger partial charge is 0.495 e. The monoisotopic (exact) mass is 313 g/mol. The van der Waals surface area contributed by atoms with Gasteiger partial charge in [0.15, 0.2) is 0 Å². The molecule has 1 aromatic carbocycles. The van der Waals surface area contributed by atoms with Crippen LogP contribution < -0.4 is 14.8 Å². The van der Waals surface area contributed by atoms with Crippen LogP contribution >= 0.6 is 11.6 Å². The first-order chi connectivity index (χ1) is 9.81. The number of nitrogens with one attached hydrogen (secondary N) is 1. The Morgan fingerprint density at radius 2 is 1.57 bits per heavy atom. The minimum atomic E-state index is -0.0728. The van der Waals surface area contributed by atoms with Crippen molar-refractivity contribution in [3.63, 3.8) is 0 Å². The van der Waals surface area contributed by atoms with Gasteiger partial charge in [0, 0.05) is 18.1 Å². The molecule has 1 amide bonds. The first-order valence-electron chi connectivity index (χ1n) is 7.04. The summed E-state index contributed by atoms with van der Waals surface area (Å²) in [6, 6.07) is 3.31. The highest BCUT2D eigenvalue weighted by Crippen LogP contribution is 2.36. The molecule has 21 heavy (non-hydrogen) atoms. The maximum atomic E-state index is 12.5. The Labute approximate surface area is 131 Å². The van der Waals surface area contributed by atoms with Crippen molar-refractivity contribution in [2.75, 3.05) is 19.5 Å². The molecule has 0 radical (unpaired) electrons. The maximum Gasteiger partial charge on any atom is 0.228 e. The fraction of sp³-hybridized carbons (Fsp3) is 0.562. The molecule has 0 aliphatic carbocycles. The van der Waals surface area contributed by atoms with E-state index in [4.69, 9.17) is 21.1 Å². The number of rotatable bonds is 6. The third kappa shape index (κ3) is 4.27.